The number of anilines is 1. The summed E-state index contributed by atoms with van der Waals surface area (Å²) in [5.74, 6) is 0.326. The number of rotatable bonds is 4. The minimum absolute atomic E-state index is 0.0539. The summed E-state index contributed by atoms with van der Waals surface area (Å²) in [6, 6.07) is 3.14. The molecule has 3 aromatic rings. The van der Waals surface area contributed by atoms with E-state index < -0.39 is 6.04 Å². The van der Waals surface area contributed by atoms with Crippen LogP contribution in [-0.4, -0.2) is 55.5 Å². The Morgan fingerprint density at radius 2 is 2.04 bits per heavy atom. The molecule has 1 saturated carbocycles. The molecule has 2 fully saturated rings. The molecule has 1 amide bonds. The molecule has 1 saturated heterocycles. The van der Waals surface area contributed by atoms with Crippen LogP contribution in [0.1, 0.15) is 32.6 Å². The zero-order valence-electron chi connectivity index (χ0n) is 15.4. The largest absolute Gasteiger partial charge is 0.403 e. The van der Waals surface area contributed by atoms with Crippen molar-refractivity contribution in [3.63, 3.8) is 0 Å². The number of aromatic nitrogens is 5. The van der Waals surface area contributed by atoms with E-state index in [1.54, 1.807) is 12.1 Å². The first-order chi connectivity index (χ1) is 13.5. The van der Waals surface area contributed by atoms with E-state index in [1.165, 1.54) is 12.8 Å². The van der Waals surface area contributed by atoms with Crippen LogP contribution < -0.4 is 5.32 Å². The van der Waals surface area contributed by atoms with E-state index in [-0.39, 0.29) is 17.8 Å². The van der Waals surface area contributed by atoms with E-state index in [2.05, 4.69) is 30.9 Å². The molecular weight excluding hydrogens is 382 g/mol. The number of aromatic amines is 1. The molecule has 2 N–H and O–H groups in total. The fourth-order valence-electron chi connectivity index (χ4n) is 3.88. The molecule has 1 aromatic carbocycles. The van der Waals surface area contributed by atoms with Crippen LogP contribution >= 0.6 is 11.6 Å². The minimum Gasteiger partial charge on any atom is -0.403 e. The molecule has 1 atom stereocenters. The highest BCUT2D eigenvalue weighted by Gasteiger charge is 2.45. The molecule has 9 nitrogen and oxygen atoms in total. The molecule has 0 bridgehead atoms. The summed E-state index contributed by atoms with van der Waals surface area (Å²) >= 11 is 6.14. The maximum absolute atomic E-state index is 12.7. The third-order valence-corrected chi connectivity index (χ3v) is 6.08. The van der Waals surface area contributed by atoms with Gasteiger partial charge < -0.3 is 14.6 Å². The zero-order chi connectivity index (χ0) is 19.3. The lowest BCUT2D eigenvalue weighted by Gasteiger charge is -2.33. The highest BCUT2D eigenvalue weighted by molar-refractivity contribution is 6.31. The molecule has 2 aromatic heterocycles. The monoisotopic (exact) mass is 401 g/mol. The van der Waals surface area contributed by atoms with Crippen LogP contribution in [0.5, 0.6) is 0 Å². The lowest BCUT2D eigenvalue weighted by molar-refractivity contribution is -0.133. The normalized spacial score (nSPS) is 19.1. The maximum atomic E-state index is 12.7. The molecule has 0 unspecified atom stereocenters. The smallest absolute Gasteiger partial charge is 0.316 e. The van der Waals surface area contributed by atoms with Crippen molar-refractivity contribution < 1.29 is 9.21 Å². The second-order valence-electron chi connectivity index (χ2n) is 7.76. The number of nitrogens with zero attached hydrogens (tertiary/aromatic N) is 5. The van der Waals surface area contributed by atoms with Crippen LogP contribution in [0.25, 0.3) is 22.5 Å². The third-order valence-electron chi connectivity index (χ3n) is 5.86. The van der Waals surface area contributed by atoms with Crippen LogP contribution in [0.2, 0.25) is 5.02 Å². The summed E-state index contributed by atoms with van der Waals surface area (Å²) in [6.07, 6.45) is 4.85. The Labute approximate surface area is 165 Å². The van der Waals surface area contributed by atoms with Crippen LogP contribution in [0.15, 0.2) is 16.5 Å². The zero-order valence-corrected chi connectivity index (χ0v) is 16.2. The second kappa shape index (κ2) is 6.44. The van der Waals surface area contributed by atoms with Crippen molar-refractivity contribution in [2.45, 2.75) is 38.6 Å². The highest BCUT2D eigenvalue weighted by Crippen LogP contribution is 2.53. The molecule has 28 heavy (non-hydrogen) atoms. The number of piperidine rings is 1. The molecule has 146 valence electrons. The Morgan fingerprint density at radius 3 is 2.79 bits per heavy atom. The number of hydrogen-bond acceptors (Lipinski definition) is 7. The van der Waals surface area contributed by atoms with E-state index in [4.69, 9.17) is 16.0 Å². The van der Waals surface area contributed by atoms with Gasteiger partial charge in [0.05, 0.1) is 11.1 Å². The van der Waals surface area contributed by atoms with Gasteiger partial charge >= 0.3 is 6.01 Å². The number of fused-ring (bicyclic) bond motifs is 1. The predicted octanol–water partition coefficient (Wildman–Crippen LogP) is 2.86. The standard InChI is InChI=1S/C18H20ClN7O2/c1-10(16(27)26-6-4-18(2-3-18)5-7-26)20-17-24-23-15(28-17)12-8-11(19)9-13-14(12)22-25-21-13/h8-10H,2-7H2,1H3,(H,20,24)(H,21,22,25)/t10-/m0/s1. The molecule has 1 spiro atoms. The van der Waals surface area contributed by atoms with Gasteiger partial charge in [0.15, 0.2) is 0 Å². The first kappa shape index (κ1) is 17.4. The molecule has 1 aliphatic heterocycles. The quantitative estimate of drug-likeness (QED) is 0.691. The molecule has 10 heteroatoms. The van der Waals surface area contributed by atoms with Gasteiger partial charge in [-0.25, -0.2) is 0 Å². The molecule has 0 radical (unpaired) electrons. The number of carbonyl (C=O) groups excluding carboxylic acids is 1. The van der Waals surface area contributed by atoms with Crippen molar-refractivity contribution in [1.29, 1.82) is 0 Å². The van der Waals surface area contributed by atoms with Gasteiger partial charge in [0.25, 0.3) is 5.89 Å². The fourth-order valence-corrected chi connectivity index (χ4v) is 4.09. The summed E-state index contributed by atoms with van der Waals surface area (Å²) in [4.78, 5) is 14.7. The summed E-state index contributed by atoms with van der Waals surface area (Å²) in [5, 5.41) is 22.2. The van der Waals surface area contributed by atoms with Crippen molar-refractivity contribution in [3.8, 4) is 11.5 Å². The molecule has 1 aliphatic carbocycles. The maximum Gasteiger partial charge on any atom is 0.316 e. The van der Waals surface area contributed by atoms with Crippen LogP contribution in [0, 0.1) is 5.41 Å². The number of likely N-dealkylation sites (tertiary alicyclic amines) is 1. The van der Waals surface area contributed by atoms with Gasteiger partial charge in [-0.3, -0.25) is 9.89 Å². The number of hydrogen-bond donors (Lipinski definition) is 2. The van der Waals surface area contributed by atoms with Gasteiger partial charge in [-0.05, 0) is 50.2 Å². The molecule has 2 aliphatic rings. The van der Waals surface area contributed by atoms with Crippen molar-refractivity contribution in [3.05, 3.63) is 17.2 Å². The third kappa shape index (κ3) is 3.09. The van der Waals surface area contributed by atoms with E-state index in [0.29, 0.717) is 27.0 Å². The van der Waals surface area contributed by atoms with Crippen molar-refractivity contribution in [2.75, 3.05) is 18.4 Å². The minimum atomic E-state index is -0.449. The van der Waals surface area contributed by atoms with Gasteiger partial charge in [0.2, 0.25) is 5.91 Å². The second-order valence-corrected chi connectivity index (χ2v) is 8.20. The molecular formula is C18H20ClN7O2. The number of benzene rings is 1. The lowest BCUT2D eigenvalue weighted by atomic mass is 9.93. The molecule has 3 heterocycles. The van der Waals surface area contributed by atoms with E-state index >= 15 is 0 Å². The number of H-pyrrole nitrogens is 1. The summed E-state index contributed by atoms with van der Waals surface area (Å²) < 4.78 is 5.72. The summed E-state index contributed by atoms with van der Waals surface area (Å²) in [5.41, 5.74) is 2.42. The lowest BCUT2D eigenvalue weighted by Crippen LogP contribution is -2.45. The average molecular weight is 402 g/mol. The van der Waals surface area contributed by atoms with Crippen molar-refractivity contribution in [2.24, 2.45) is 5.41 Å². The predicted molar refractivity (Wildman–Crippen MR) is 103 cm³/mol. The van der Waals surface area contributed by atoms with Crippen molar-refractivity contribution >= 4 is 34.6 Å². The first-order valence-electron chi connectivity index (χ1n) is 9.43. The van der Waals surface area contributed by atoms with E-state index in [1.807, 2.05) is 11.8 Å². The Morgan fingerprint density at radius 1 is 1.25 bits per heavy atom. The molecule has 5 rings (SSSR count). The van der Waals surface area contributed by atoms with Crippen LogP contribution in [-0.2, 0) is 4.79 Å². The number of carbonyl (C=O) groups is 1. The van der Waals surface area contributed by atoms with Gasteiger partial charge in [-0.1, -0.05) is 21.9 Å². The highest BCUT2D eigenvalue weighted by atomic mass is 35.5. The van der Waals surface area contributed by atoms with E-state index in [9.17, 15) is 4.79 Å². The Kier molecular flexibility index (Phi) is 4.01. The topological polar surface area (TPSA) is 113 Å². The number of amides is 1. The summed E-state index contributed by atoms with van der Waals surface area (Å²) in [6.45, 7) is 3.46. The number of halogens is 1. The van der Waals surface area contributed by atoms with Crippen LogP contribution in [0.4, 0.5) is 6.01 Å². The van der Waals surface area contributed by atoms with E-state index in [0.717, 1.165) is 25.9 Å². The van der Waals surface area contributed by atoms with Gasteiger partial charge in [0, 0.05) is 18.1 Å². The summed E-state index contributed by atoms with van der Waals surface area (Å²) in [7, 11) is 0. The Hall–Kier alpha value is -2.68. The average Bonchev–Trinajstić information content (AvgIpc) is 3.08. The SMILES string of the molecule is C[C@H](Nc1nnc(-c2cc(Cl)cc3nn[nH]c23)o1)C(=O)N1CCC2(CC1)CC2. The van der Waals surface area contributed by atoms with Gasteiger partial charge in [-0.15, -0.1) is 10.2 Å². The van der Waals surface area contributed by atoms with Crippen LogP contribution in [0.3, 0.4) is 0 Å². The van der Waals surface area contributed by atoms with Crippen molar-refractivity contribution in [1.82, 2.24) is 30.5 Å². The first-order valence-corrected chi connectivity index (χ1v) is 9.80. The Bertz CT molecular complexity index is 1030. The number of nitrogens with one attached hydrogen (secondary N) is 2. The Balaban J connectivity index is 1.29. The fraction of sp³-hybridized carbons (Fsp3) is 0.500. The van der Waals surface area contributed by atoms with Gasteiger partial charge in [-0.2, -0.15) is 0 Å². The van der Waals surface area contributed by atoms with Gasteiger partial charge in [0.1, 0.15) is 11.6 Å².